The number of carbonyl (C=O) groups is 1. The average molecular weight is 253 g/mol. The number of alkyl halides is 1. The van der Waals surface area contributed by atoms with Crippen LogP contribution in [0.4, 0.5) is 0 Å². The summed E-state index contributed by atoms with van der Waals surface area (Å²) in [5.41, 5.74) is 0. The van der Waals surface area contributed by atoms with Crippen molar-refractivity contribution in [3.8, 4) is 0 Å². The minimum absolute atomic E-state index is 0.738. The maximum absolute atomic E-state index is 9.83. The number of hydrogen-bond donors (Lipinski definition) is 0. The molecule has 0 aliphatic rings. The minimum atomic E-state index is 0.738. The molecule has 0 aromatic carbocycles. The Morgan fingerprint density at radius 1 is 1.23 bits per heavy atom. The highest BCUT2D eigenvalue weighted by Gasteiger charge is 1.86. The van der Waals surface area contributed by atoms with Gasteiger partial charge in [-0.15, -0.1) is 0 Å². The molecule has 13 heavy (non-hydrogen) atoms. The fraction of sp³-hybridized carbons (Fsp3) is 0.900. The van der Waals surface area contributed by atoms with Gasteiger partial charge < -0.3 is 9.53 Å². The van der Waals surface area contributed by atoms with E-state index in [1.165, 1.54) is 19.3 Å². The predicted octanol–water partition coefficient (Wildman–Crippen LogP) is 3.18. The van der Waals surface area contributed by atoms with E-state index in [4.69, 9.17) is 0 Å². The molecule has 80 valence electrons. The molecule has 0 unspecified atom stereocenters. The molecule has 0 aliphatic heterocycles. The first-order chi connectivity index (χ1) is 6.33. The van der Waals surface area contributed by atoms with Gasteiger partial charge in [0, 0.05) is 25.5 Å². The molecular weight excluding hydrogens is 232 g/mol. The molecule has 0 spiro atoms. The predicted molar refractivity (Wildman–Crippen MR) is 60.5 cm³/mol. The number of ether oxygens (including phenoxy) is 1. The average Bonchev–Trinajstić information content (AvgIpc) is 2.18. The van der Waals surface area contributed by atoms with Crippen molar-refractivity contribution in [1.82, 2.24) is 0 Å². The van der Waals surface area contributed by atoms with Crippen molar-refractivity contribution in [3.63, 3.8) is 0 Å². The Morgan fingerprint density at radius 3 is 2.15 bits per heavy atom. The molecule has 0 saturated heterocycles. The number of carbonyl (C=O) groups excluding carboxylic acids is 1. The lowest BCUT2D eigenvalue weighted by molar-refractivity contribution is -0.107. The summed E-state index contributed by atoms with van der Waals surface area (Å²) in [7, 11) is 1.68. The third kappa shape index (κ3) is 24.5. The summed E-state index contributed by atoms with van der Waals surface area (Å²) in [6, 6.07) is 0. The van der Waals surface area contributed by atoms with Crippen LogP contribution in [-0.2, 0) is 9.53 Å². The number of aldehydes is 1. The van der Waals surface area contributed by atoms with Crippen LogP contribution in [0.3, 0.4) is 0 Å². The van der Waals surface area contributed by atoms with E-state index in [2.05, 4.69) is 20.7 Å². The molecule has 0 atom stereocenters. The van der Waals surface area contributed by atoms with Crippen LogP contribution in [0.5, 0.6) is 0 Å². The summed E-state index contributed by atoms with van der Waals surface area (Å²) < 4.78 is 4.54. The van der Waals surface area contributed by atoms with Gasteiger partial charge in [0.1, 0.15) is 6.29 Å². The van der Waals surface area contributed by atoms with Crippen molar-refractivity contribution in [1.29, 1.82) is 0 Å². The van der Waals surface area contributed by atoms with Gasteiger partial charge in [-0.1, -0.05) is 28.8 Å². The van der Waals surface area contributed by atoms with Crippen molar-refractivity contribution >= 4 is 22.2 Å². The Kier molecular flexibility index (Phi) is 21.6. The number of methoxy groups -OCH3 is 1. The topological polar surface area (TPSA) is 26.3 Å². The molecule has 0 saturated carbocycles. The molecule has 0 fully saturated rings. The fourth-order valence-electron chi connectivity index (χ4n) is 0.676. The second-order valence-electron chi connectivity index (χ2n) is 2.64. The van der Waals surface area contributed by atoms with Gasteiger partial charge in [0.2, 0.25) is 0 Å². The van der Waals surface area contributed by atoms with E-state index in [0.717, 1.165) is 31.1 Å². The molecule has 0 rings (SSSR count). The highest BCUT2D eigenvalue weighted by molar-refractivity contribution is 9.09. The Balaban J connectivity index is 0. The number of hydrogen-bond acceptors (Lipinski definition) is 2. The SMILES string of the molecule is CCOC.O=CCCCCCCBr. The Bertz CT molecular complexity index is 85.0. The third-order valence-corrected chi connectivity index (χ3v) is 2.06. The first kappa shape index (κ1) is 15.6. The van der Waals surface area contributed by atoms with Crippen molar-refractivity contribution in [2.24, 2.45) is 0 Å². The Morgan fingerprint density at radius 2 is 1.77 bits per heavy atom. The van der Waals surface area contributed by atoms with Gasteiger partial charge in [0.15, 0.2) is 0 Å². The molecule has 0 aromatic heterocycles. The number of rotatable bonds is 7. The summed E-state index contributed by atoms with van der Waals surface area (Å²) in [5.74, 6) is 0. The second-order valence-corrected chi connectivity index (χ2v) is 3.43. The van der Waals surface area contributed by atoms with Gasteiger partial charge in [-0.3, -0.25) is 0 Å². The lowest BCUT2D eigenvalue weighted by Crippen LogP contribution is -1.79. The lowest BCUT2D eigenvalue weighted by atomic mass is 10.2. The molecule has 0 aromatic rings. The van der Waals surface area contributed by atoms with Gasteiger partial charge in [-0.2, -0.15) is 0 Å². The first-order valence-electron chi connectivity index (χ1n) is 4.82. The molecule has 0 aliphatic carbocycles. The molecule has 2 nitrogen and oxygen atoms in total. The van der Waals surface area contributed by atoms with Crippen LogP contribution in [0.25, 0.3) is 0 Å². The lowest BCUT2D eigenvalue weighted by Gasteiger charge is -1.92. The largest absolute Gasteiger partial charge is 0.385 e. The zero-order valence-electron chi connectivity index (χ0n) is 8.72. The van der Waals surface area contributed by atoms with Crippen LogP contribution in [0.2, 0.25) is 0 Å². The maximum Gasteiger partial charge on any atom is 0.119 e. The first-order valence-corrected chi connectivity index (χ1v) is 5.94. The van der Waals surface area contributed by atoms with Crippen LogP contribution < -0.4 is 0 Å². The van der Waals surface area contributed by atoms with Crippen LogP contribution in [0, 0.1) is 0 Å². The highest BCUT2D eigenvalue weighted by Crippen LogP contribution is 2.02. The number of unbranched alkanes of at least 4 members (excludes halogenated alkanes) is 4. The Hall–Kier alpha value is 0.110. The van der Waals surface area contributed by atoms with Crippen molar-refractivity contribution in [2.45, 2.75) is 39.0 Å². The minimum Gasteiger partial charge on any atom is -0.385 e. The zero-order chi connectivity index (χ0) is 10.4. The van der Waals surface area contributed by atoms with Gasteiger partial charge in [0.05, 0.1) is 0 Å². The summed E-state index contributed by atoms with van der Waals surface area (Å²) in [5, 5.41) is 1.09. The summed E-state index contributed by atoms with van der Waals surface area (Å²) in [6.45, 7) is 2.78. The van der Waals surface area contributed by atoms with E-state index in [1.807, 2.05) is 6.92 Å². The van der Waals surface area contributed by atoms with Crippen molar-refractivity contribution in [3.05, 3.63) is 0 Å². The van der Waals surface area contributed by atoms with Gasteiger partial charge >= 0.3 is 0 Å². The van der Waals surface area contributed by atoms with E-state index in [-0.39, 0.29) is 0 Å². The smallest absolute Gasteiger partial charge is 0.119 e. The van der Waals surface area contributed by atoms with E-state index >= 15 is 0 Å². The van der Waals surface area contributed by atoms with Gasteiger partial charge in [-0.25, -0.2) is 0 Å². The van der Waals surface area contributed by atoms with Crippen molar-refractivity contribution in [2.75, 3.05) is 19.0 Å². The van der Waals surface area contributed by atoms with E-state index in [9.17, 15) is 4.79 Å². The van der Waals surface area contributed by atoms with Crippen LogP contribution >= 0.6 is 15.9 Å². The molecule has 3 heteroatoms. The highest BCUT2D eigenvalue weighted by atomic mass is 79.9. The molecule has 0 amide bonds. The molecular formula is C10H21BrO2. The van der Waals surface area contributed by atoms with Crippen LogP contribution in [0.15, 0.2) is 0 Å². The molecule has 0 N–H and O–H groups in total. The Labute approximate surface area is 90.2 Å². The maximum atomic E-state index is 9.83. The second kappa shape index (κ2) is 18.0. The number of halogens is 1. The summed E-state index contributed by atoms with van der Waals surface area (Å²) >= 11 is 3.35. The quantitative estimate of drug-likeness (QED) is 0.395. The van der Waals surface area contributed by atoms with Gasteiger partial charge in [0.25, 0.3) is 0 Å². The van der Waals surface area contributed by atoms with Crippen molar-refractivity contribution < 1.29 is 9.53 Å². The molecule has 0 heterocycles. The third-order valence-electron chi connectivity index (χ3n) is 1.49. The normalized spacial score (nSPS) is 8.85. The summed E-state index contributed by atoms with van der Waals surface area (Å²) in [6.07, 6.45) is 6.48. The fourth-order valence-corrected chi connectivity index (χ4v) is 1.07. The zero-order valence-corrected chi connectivity index (χ0v) is 10.3. The van der Waals surface area contributed by atoms with E-state index in [1.54, 1.807) is 7.11 Å². The standard InChI is InChI=1S/C7H13BrO.C3H8O/c8-6-4-2-1-3-5-7-9;1-3-4-2/h7H,1-6H2;3H2,1-2H3. The van der Waals surface area contributed by atoms with E-state index < -0.39 is 0 Å². The summed E-state index contributed by atoms with van der Waals surface area (Å²) in [4.78, 5) is 9.83. The van der Waals surface area contributed by atoms with Gasteiger partial charge in [-0.05, 0) is 19.8 Å². The molecule has 0 bridgehead atoms. The van der Waals surface area contributed by atoms with Crippen LogP contribution in [0.1, 0.15) is 39.0 Å². The van der Waals surface area contributed by atoms with E-state index in [0.29, 0.717) is 0 Å². The molecule has 0 radical (unpaired) electrons. The monoisotopic (exact) mass is 252 g/mol. The van der Waals surface area contributed by atoms with Crippen LogP contribution in [-0.4, -0.2) is 25.3 Å².